The fourth-order valence-electron chi connectivity index (χ4n) is 4.01. The molecule has 3 rings (SSSR count). The van der Waals surface area contributed by atoms with E-state index in [-0.39, 0.29) is 48.8 Å². The summed E-state index contributed by atoms with van der Waals surface area (Å²) in [6.45, 7) is 1.20. The van der Waals surface area contributed by atoms with E-state index >= 15 is 0 Å². The summed E-state index contributed by atoms with van der Waals surface area (Å²) in [6, 6.07) is -0.396. The van der Waals surface area contributed by atoms with E-state index in [1.807, 2.05) is 0 Å². The maximum Gasteiger partial charge on any atom is 0.418 e. The number of hydrogen-bond donors (Lipinski definition) is 1. The van der Waals surface area contributed by atoms with Crippen LogP contribution in [0, 0.1) is 12.8 Å². The predicted octanol–water partition coefficient (Wildman–Crippen LogP) is 3.72. The SMILES string of the molecule is COC(=O)[C@H]1C[C@H](NC(=O)c2c(N3CCCC(F)(F)CC3)ncc(C(F)(F)F)c2C)C1. The Hall–Kier alpha value is -2.46. The lowest BCUT2D eigenvalue weighted by Gasteiger charge is -2.34. The zero-order chi connectivity index (χ0) is 23.0. The van der Waals surface area contributed by atoms with Crippen molar-refractivity contribution in [3.8, 4) is 0 Å². The molecule has 0 spiro atoms. The number of alkyl halides is 5. The second-order valence-electron chi connectivity index (χ2n) is 8.05. The minimum atomic E-state index is -4.72. The van der Waals surface area contributed by atoms with Crippen LogP contribution in [-0.2, 0) is 15.7 Å². The summed E-state index contributed by atoms with van der Waals surface area (Å²) < 4.78 is 72.4. The Morgan fingerprint density at radius 1 is 1.23 bits per heavy atom. The minimum Gasteiger partial charge on any atom is -0.469 e. The third-order valence-corrected chi connectivity index (χ3v) is 5.88. The average molecular weight is 449 g/mol. The summed E-state index contributed by atoms with van der Waals surface area (Å²) in [4.78, 5) is 29.8. The van der Waals surface area contributed by atoms with Crippen molar-refractivity contribution in [3.05, 3.63) is 22.9 Å². The molecule has 0 atom stereocenters. The van der Waals surface area contributed by atoms with Crippen LogP contribution < -0.4 is 10.2 Å². The molecule has 172 valence electrons. The molecular weight excluding hydrogens is 425 g/mol. The fraction of sp³-hybridized carbons (Fsp3) is 0.650. The second-order valence-corrected chi connectivity index (χ2v) is 8.05. The highest BCUT2D eigenvalue weighted by Gasteiger charge is 2.40. The van der Waals surface area contributed by atoms with Crippen molar-refractivity contribution in [1.82, 2.24) is 10.3 Å². The summed E-state index contributed by atoms with van der Waals surface area (Å²) in [7, 11) is 1.25. The molecule has 0 unspecified atom stereocenters. The number of esters is 1. The van der Waals surface area contributed by atoms with Gasteiger partial charge in [-0.25, -0.2) is 13.8 Å². The molecule has 1 aliphatic heterocycles. The molecule has 0 bridgehead atoms. The number of carbonyl (C=O) groups excluding carboxylic acids is 2. The van der Waals surface area contributed by atoms with Crippen molar-refractivity contribution < 1.29 is 36.3 Å². The number of nitrogens with one attached hydrogen (secondary N) is 1. The van der Waals surface area contributed by atoms with Crippen molar-refractivity contribution >= 4 is 17.7 Å². The van der Waals surface area contributed by atoms with E-state index < -0.39 is 42.0 Å². The van der Waals surface area contributed by atoms with E-state index in [4.69, 9.17) is 0 Å². The molecule has 1 aliphatic carbocycles. The van der Waals surface area contributed by atoms with Gasteiger partial charge >= 0.3 is 12.1 Å². The molecule has 2 heterocycles. The predicted molar refractivity (Wildman–Crippen MR) is 101 cm³/mol. The lowest BCUT2D eigenvalue weighted by atomic mass is 9.80. The first-order valence-electron chi connectivity index (χ1n) is 10.0. The molecule has 0 aromatic carbocycles. The van der Waals surface area contributed by atoms with Crippen LogP contribution in [0.1, 0.15) is 53.6 Å². The summed E-state index contributed by atoms with van der Waals surface area (Å²) in [5.74, 6) is -4.45. The van der Waals surface area contributed by atoms with Gasteiger partial charge in [0.2, 0.25) is 5.92 Å². The molecule has 0 radical (unpaired) electrons. The van der Waals surface area contributed by atoms with Gasteiger partial charge in [-0.2, -0.15) is 13.2 Å². The molecule has 31 heavy (non-hydrogen) atoms. The number of pyridine rings is 1. The quantitative estimate of drug-likeness (QED) is 0.561. The van der Waals surface area contributed by atoms with Gasteiger partial charge in [-0.15, -0.1) is 0 Å². The molecule has 1 aromatic heterocycles. The topological polar surface area (TPSA) is 71.5 Å². The number of methoxy groups -OCH3 is 1. The van der Waals surface area contributed by atoms with Crippen molar-refractivity contribution in [3.63, 3.8) is 0 Å². The van der Waals surface area contributed by atoms with Crippen molar-refractivity contribution in [2.24, 2.45) is 5.92 Å². The van der Waals surface area contributed by atoms with Gasteiger partial charge in [0.25, 0.3) is 5.91 Å². The van der Waals surface area contributed by atoms with Gasteiger partial charge in [0, 0.05) is 38.2 Å². The molecule has 1 N–H and O–H groups in total. The number of hydrogen-bond acceptors (Lipinski definition) is 5. The highest BCUT2D eigenvalue weighted by atomic mass is 19.4. The van der Waals surface area contributed by atoms with E-state index in [1.165, 1.54) is 18.9 Å². The normalized spacial score (nSPS) is 23.5. The number of ether oxygens (including phenoxy) is 1. The summed E-state index contributed by atoms with van der Waals surface area (Å²) in [6.07, 6.45) is -4.13. The van der Waals surface area contributed by atoms with E-state index in [2.05, 4.69) is 15.0 Å². The molecule has 2 aliphatic rings. The van der Waals surface area contributed by atoms with E-state index in [9.17, 15) is 31.5 Å². The Morgan fingerprint density at radius 2 is 1.90 bits per heavy atom. The van der Waals surface area contributed by atoms with Crippen LogP contribution >= 0.6 is 0 Å². The Balaban J connectivity index is 1.89. The van der Waals surface area contributed by atoms with Gasteiger partial charge in [-0.1, -0.05) is 0 Å². The molecule has 11 heteroatoms. The van der Waals surface area contributed by atoms with Crippen LogP contribution in [-0.4, -0.2) is 49.0 Å². The monoisotopic (exact) mass is 449 g/mol. The third kappa shape index (κ3) is 5.07. The second kappa shape index (κ2) is 8.58. The van der Waals surface area contributed by atoms with Gasteiger partial charge in [0.1, 0.15) is 5.82 Å². The van der Waals surface area contributed by atoms with Crippen LogP contribution in [0.5, 0.6) is 0 Å². The molecule has 1 amide bonds. The maximum absolute atomic E-state index is 13.8. The third-order valence-electron chi connectivity index (χ3n) is 5.88. The molecule has 1 saturated heterocycles. The molecular formula is C20H24F5N3O3. The van der Waals surface area contributed by atoms with Crippen molar-refractivity contribution in [1.29, 1.82) is 0 Å². The molecule has 2 fully saturated rings. The summed E-state index contributed by atoms with van der Waals surface area (Å²) in [5, 5.41) is 2.64. The number of nitrogens with zero attached hydrogens (tertiary/aromatic N) is 2. The summed E-state index contributed by atoms with van der Waals surface area (Å²) in [5.41, 5.74) is -1.64. The first kappa shape index (κ1) is 23.2. The lowest BCUT2D eigenvalue weighted by molar-refractivity contribution is -0.149. The molecule has 6 nitrogen and oxygen atoms in total. The van der Waals surface area contributed by atoms with Gasteiger partial charge in [0.05, 0.1) is 24.2 Å². The standard InChI is InChI=1S/C20H24F5N3O3/c1-11-14(20(23,24)25)10-26-16(28-6-3-4-19(21,22)5-7-28)15(11)17(29)27-13-8-12(9-13)18(30)31-2/h10,12-13H,3-9H2,1-2H3,(H,27,29)/t12-,13-. The first-order chi connectivity index (χ1) is 14.4. The summed E-state index contributed by atoms with van der Waals surface area (Å²) >= 11 is 0. The lowest BCUT2D eigenvalue weighted by Crippen LogP contribution is -2.47. The van der Waals surface area contributed by atoms with Gasteiger partial charge in [-0.3, -0.25) is 9.59 Å². The van der Waals surface area contributed by atoms with Gasteiger partial charge in [0.15, 0.2) is 0 Å². The van der Waals surface area contributed by atoms with Gasteiger partial charge in [-0.05, 0) is 31.7 Å². The zero-order valence-electron chi connectivity index (χ0n) is 17.2. The Labute approximate surface area is 176 Å². The Bertz CT molecular complexity index is 853. The zero-order valence-corrected chi connectivity index (χ0v) is 17.2. The smallest absolute Gasteiger partial charge is 0.418 e. The first-order valence-corrected chi connectivity index (χ1v) is 10.0. The number of halogens is 5. The highest BCUT2D eigenvalue weighted by Crippen LogP contribution is 2.37. The largest absolute Gasteiger partial charge is 0.469 e. The van der Waals surface area contributed by atoms with E-state index in [0.29, 0.717) is 19.0 Å². The van der Waals surface area contributed by atoms with Crippen LogP contribution in [0.4, 0.5) is 27.8 Å². The van der Waals surface area contributed by atoms with Crippen LogP contribution in [0.2, 0.25) is 0 Å². The minimum absolute atomic E-state index is 0.0375. The van der Waals surface area contributed by atoms with E-state index in [0.717, 1.165) is 0 Å². The number of rotatable bonds is 4. The molecule has 1 saturated carbocycles. The number of carbonyl (C=O) groups is 2. The number of anilines is 1. The number of amides is 1. The van der Waals surface area contributed by atoms with Gasteiger partial charge < -0.3 is 15.0 Å². The Kier molecular flexibility index (Phi) is 6.43. The average Bonchev–Trinajstić information content (AvgIpc) is 2.82. The van der Waals surface area contributed by atoms with Crippen LogP contribution in [0.25, 0.3) is 0 Å². The number of aromatic nitrogens is 1. The highest BCUT2D eigenvalue weighted by molar-refractivity contribution is 6.01. The Morgan fingerprint density at radius 3 is 2.52 bits per heavy atom. The van der Waals surface area contributed by atoms with Crippen LogP contribution in [0.3, 0.4) is 0 Å². The van der Waals surface area contributed by atoms with E-state index in [1.54, 1.807) is 0 Å². The maximum atomic E-state index is 13.8. The van der Waals surface area contributed by atoms with Crippen molar-refractivity contribution in [2.75, 3.05) is 25.1 Å². The molecule has 1 aromatic rings. The van der Waals surface area contributed by atoms with Crippen molar-refractivity contribution in [2.45, 2.75) is 57.2 Å². The van der Waals surface area contributed by atoms with Crippen LogP contribution in [0.15, 0.2) is 6.20 Å². The fourth-order valence-corrected chi connectivity index (χ4v) is 4.01.